The molecule has 0 saturated carbocycles. The molecule has 1 amide bonds. The fourth-order valence-electron chi connectivity index (χ4n) is 3.06. The number of benzene rings is 1. The molecule has 0 N–H and O–H groups in total. The van der Waals surface area contributed by atoms with Gasteiger partial charge < -0.3 is 14.4 Å². The molecule has 2 aliphatic heterocycles. The number of carbonyl (C=O) groups excluding carboxylic acids is 2. The number of hydrogen-bond acceptors (Lipinski definition) is 4. The molecular weight excluding hydrogens is 374 g/mol. The molecule has 0 unspecified atom stereocenters. The second kappa shape index (κ2) is 8.01. The summed E-state index contributed by atoms with van der Waals surface area (Å²) in [7, 11) is 0. The number of hydrogen-bond donors (Lipinski definition) is 0. The molecule has 5 nitrogen and oxygen atoms in total. The highest BCUT2D eigenvalue weighted by molar-refractivity contribution is 9.10. The summed E-state index contributed by atoms with van der Waals surface area (Å²) >= 11 is 3.38. The minimum Gasteiger partial charge on any atom is -0.486 e. The van der Waals surface area contributed by atoms with Gasteiger partial charge in [0.2, 0.25) is 0 Å². The molecular formula is C18H24BrNO4. The van der Waals surface area contributed by atoms with Crippen molar-refractivity contribution in [3.63, 3.8) is 0 Å². The normalized spacial score (nSPS) is 18.2. The molecule has 2 aliphatic rings. The van der Waals surface area contributed by atoms with Crippen LogP contribution in [0.4, 0.5) is 4.79 Å². The Kier molecular flexibility index (Phi) is 6.27. The van der Waals surface area contributed by atoms with Crippen LogP contribution in [0.25, 0.3) is 0 Å². The van der Waals surface area contributed by atoms with Gasteiger partial charge in [0.15, 0.2) is 5.78 Å². The van der Waals surface area contributed by atoms with Crippen LogP contribution in [0.5, 0.6) is 5.75 Å². The first-order chi connectivity index (χ1) is 11.5. The van der Waals surface area contributed by atoms with Gasteiger partial charge in [-0.05, 0) is 25.1 Å². The topological polar surface area (TPSA) is 55.8 Å². The lowest BCUT2D eigenvalue weighted by atomic mass is 9.82. The molecule has 0 aliphatic carbocycles. The Labute approximate surface area is 151 Å². The maximum atomic E-state index is 12.4. The number of ether oxygens (including phenoxy) is 2. The predicted octanol–water partition coefficient (Wildman–Crippen LogP) is 4.43. The summed E-state index contributed by atoms with van der Waals surface area (Å²) in [5.74, 6) is 0.746. The number of nitrogens with zero attached hydrogens (tertiary/aromatic N) is 1. The second-order valence-electron chi connectivity index (χ2n) is 5.71. The summed E-state index contributed by atoms with van der Waals surface area (Å²) in [4.78, 5) is 25.9. The first-order valence-electron chi connectivity index (χ1n) is 8.46. The predicted molar refractivity (Wildman–Crippen MR) is 95.6 cm³/mol. The molecule has 0 aromatic heterocycles. The van der Waals surface area contributed by atoms with Gasteiger partial charge in [0.1, 0.15) is 11.4 Å². The molecule has 24 heavy (non-hydrogen) atoms. The van der Waals surface area contributed by atoms with Gasteiger partial charge in [0.05, 0.1) is 18.6 Å². The molecule has 6 heteroatoms. The number of Topliss-reactive ketones (excluding diaryl/α,β-unsaturated/α-hetero) is 1. The van der Waals surface area contributed by atoms with E-state index in [0.717, 1.165) is 4.47 Å². The van der Waals surface area contributed by atoms with Crippen LogP contribution in [0.1, 0.15) is 50.4 Å². The second-order valence-corrected chi connectivity index (χ2v) is 6.63. The van der Waals surface area contributed by atoms with Gasteiger partial charge in [0.25, 0.3) is 0 Å². The summed E-state index contributed by atoms with van der Waals surface area (Å²) in [5.41, 5.74) is 0.147. The van der Waals surface area contributed by atoms with E-state index in [1.807, 2.05) is 26.0 Å². The van der Waals surface area contributed by atoms with E-state index in [0.29, 0.717) is 50.3 Å². The zero-order chi connectivity index (χ0) is 17.7. The van der Waals surface area contributed by atoms with E-state index in [4.69, 9.17) is 9.47 Å². The van der Waals surface area contributed by atoms with Crippen molar-refractivity contribution < 1.29 is 19.1 Å². The number of carbonyl (C=O) groups is 2. The highest BCUT2D eigenvalue weighted by Crippen LogP contribution is 2.40. The lowest BCUT2D eigenvalue weighted by Gasteiger charge is -2.43. The van der Waals surface area contributed by atoms with Gasteiger partial charge in [-0.25, -0.2) is 4.79 Å². The average molecular weight is 398 g/mol. The van der Waals surface area contributed by atoms with Crippen LogP contribution in [0.3, 0.4) is 0 Å². The number of rotatable bonds is 1. The van der Waals surface area contributed by atoms with Crippen LogP contribution in [0.2, 0.25) is 0 Å². The number of likely N-dealkylation sites (tertiary alicyclic amines) is 1. The van der Waals surface area contributed by atoms with Gasteiger partial charge in [-0.15, -0.1) is 0 Å². The van der Waals surface area contributed by atoms with Crippen molar-refractivity contribution in [2.75, 3.05) is 19.7 Å². The number of amides is 1. The largest absolute Gasteiger partial charge is 0.486 e. The maximum Gasteiger partial charge on any atom is 0.409 e. The molecule has 132 valence electrons. The van der Waals surface area contributed by atoms with E-state index in [1.54, 1.807) is 17.9 Å². The van der Waals surface area contributed by atoms with Crippen molar-refractivity contribution in [1.82, 2.24) is 4.90 Å². The molecule has 0 bridgehead atoms. The number of halogens is 1. The van der Waals surface area contributed by atoms with Crippen LogP contribution in [-0.2, 0) is 4.74 Å². The first-order valence-corrected chi connectivity index (χ1v) is 9.26. The quantitative estimate of drug-likeness (QED) is 0.702. The van der Waals surface area contributed by atoms with E-state index in [1.165, 1.54) is 0 Å². The summed E-state index contributed by atoms with van der Waals surface area (Å²) in [6.07, 6.45) is 1.37. The third kappa shape index (κ3) is 3.91. The molecule has 1 aromatic carbocycles. The minimum atomic E-state index is -0.485. The standard InChI is InChI=1S/C16H18BrNO4.C2H6/c1-2-21-15(20)18-7-5-16(6-8-18)10-13(19)12-9-11(17)3-4-14(12)22-16;1-2/h3-4,9H,2,5-8,10H2,1H3;1-2H3. The van der Waals surface area contributed by atoms with E-state index < -0.39 is 5.60 Å². The van der Waals surface area contributed by atoms with Gasteiger partial charge in [-0.1, -0.05) is 29.8 Å². The zero-order valence-electron chi connectivity index (χ0n) is 14.4. The number of fused-ring (bicyclic) bond motifs is 1. The fourth-order valence-corrected chi connectivity index (χ4v) is 3.42. The van der Waals surface area contributed by atoms with E-state index >= 15 is 0 Å². The Bertz CT molecular complexity index is 609. The first kappa shape index (κ1) is 18.8. The molecule has 1 aromatic rings. The lowest BCUT2D eigenvalue weighted by molar-refractivity contribution is -0.00860. The maximum absolute atomic E-state index is 12.4. The Balaban J connectivity index is 0.00000100. The third-order valence-electron chi connectivity index (χ3n) is 4.25. The Morgan fingerprint density at radius 1 is 1.33 bits per heavy atom. The van der Waals surface area contributed by atoms with Crippen molar-refractivity contribution in [3.8, 4) is 5.75 Å². The smallest absolute Gasteiger partial charge is 0.409 e. The lowest BCUT2D eigenvalue weighted by Crippen LogP contribution is -2.52. The highest BCUT2D eigenvalue weighted by Gasteiger charge is 2.43. The molecule has 2 heterocycles. The highest BCUT2D eigenvalue weighted by atomic mass is 79.9. The van der Waals surface area contributed by atoms with Gasteiger partial charge in [-0.3, -0.25) is 4.79 Å². The van der Waals surface area contributed by atoms with Gasteiger partial charge in [-0.2, -0.15) is 0 Å². The third-order valence-corrected chi connectivity index (χ3v) is 4.75. The molecule has 0 radical (unpaired) electrons. The van der Waals surface area contributed by atoms with Gasteiger partial charge in [0, 0.05) is 30.4 Å². The summed E-state index contributed by atoms with van der Waals surface area (Å²) in [6.45, 7) is 7.27. The monoisotopic (exact) mass is 397 g/mol. The van der Waals surface area contributed by atoms with Crippen molar-refractivity contribution >= 4 is 27.8 Å². The summed E-state index contributed by atoms with van der Waals surface area (Å²) in [5, 5.41) is 0. The molecule has 3 rings (SSSR count). The molecule has 0 atom stereocenters. The van der Waals surface area contributed by atoms with Crippen LogP contribution in [-0.4, -0.2) is 42.1 Å². The minimum absolute atomic E-state index is 0.104. The Morgan fingerprint density at radius 3 is 2.62 bits per heavy atom. The van der Waals surface area contributed by atoms with Crippen LogP contribution in [0.15, 0.2) is 22.7 Å². The molecule has 1 saturated heterocycles. The molecule has 1 spiro atoms. The zero-order valence-corrected chi connectivity index (χ0v) is 16.0. The van der Waals surface area contributed by atoms with Gasteiger partial charge >= 0.3 is 6.09 Å². The van der Waals surface area contributed by atoms with Crippen LogP contribution in [0, 0.1) is 0 Å². The summed E-state index contributed by atoms with van der Waals surface area (Å²) in [6, 6.07) is 5.51. The van der Waals surface area contributed by atoms with E-state index in [2.05, 4.69) is 15.9 Å². The van der Waals surface area contributed by atoms with Crippen molar-refractivity contribution in [3.05, 3.63) is 28.2 Å². The summed E-state index contributed by atoms with van der Waals surface area (Å²) < 4.78 is 12.0. The number of piperidine rings is 1. The van der Waals surface area contributed by atoms with Crippen molar-refractivity contribution in [1.29, 1.82) is 0 Å². The van der Waals surface area contributed by atoms with Crippen molar-refractivity contribution in [2.24, 2.45) is 0 Å². The SMILES string of the molecule is CC.CCOC(=O)N1CCC2(CC1)CC(=O)c1cc(Br)ccc1O2. The van der Waals surface area contributed by atoms with E-state index in [-0.39, 0.29) is 11.9 Å². The Hall–Kier alpha value is -1.56. The average Bonchev–Trinajstić information content (AvgIpc) is 2.58. The van der Waals surface area contributed by atoms with Crippen molar-refractivity contribution in [2.45, 2.75) is 45.6 Å². The van der Waals surface area contributed by atoms with Crippen LogP contribution >= 0.6 is 15.9 Å². The van der Waals surface area contributed by atoms with Crippen LogP contribution < -0.4 is 4.74 Å². The number of ketones is 1. The Morgan fingerprint density at radius 2 is 2.00 bits per heavy atom. The fraction of sp³-hybridized carbons (Fsp3) is 0.556. The molecule has 1 fully saturated rings. The van der Waals surface area contributed by atoms with E-state index in [9.17, 15) is 9.59 Å².